The Kier molecular flexibility index (Phi) is 12.4. The van der Waals surface area contributed by atoms with Crippen LogP contribution < -0.4 is 0 Å². The van der Waals surface area contributed by atoms with Crippen LogP contribution in [0.1, 0.15) is 86.0 Å². The molecule has 8 fully saturated rings. The lowest BCUT2D eigenvalue weighted by Gasteiger charge is -2.61. The molecule has 0 aromatic carbocycles. The molecule has 4 aliphatic carbocycles. The predicted octanol–water partition coefficient (Wildman–Crippen LogP) is -0.176. The maximum absolute atomic E-state index is 11.7. The number of aliphatic hydroxyl groups excluding tert-OH is 9. The minimum Gasteiger partial charge on any atom is -0.394 e. The van der Waals surface area contributed by atoms with Crippen molar-refractivity contribution in [1.29, 1.82) is 0 Å². The summed E-state index contributed by atoms with van der Waals surface area (Å²) in [7, 11) is 0. The van der Waals surface area contributed by atoms with Gasteiger partial charge in [-0.05, 0) is 80.5 Å². The summed E-state index contributed by atoms with van der Waals surface area (Å²) in [5, 5.41) is 97.4. The molecule has 9 N–H and O–H groups in total. The lowest BCUT2D eigenvalue weighted by Crippen LogP contribution is -2.67. The van der Waals surface area contributed by atoms with Crippen molar-refractivity contribution in [3.05, 3.63) is 11.6 Å². The fraction of sp³-hybridized carbons (Fsp3) is 0.955. The number of rotatable bonds is 7. The van der Waals surface area contributed by atoms with Crippen LogP contribution in [0.5, 0.6) is 0 Å². The zero-order valence-corrected chi connectivity index (χ0v) is 35.9. The van der Waals surface area contributed by atoms with E-state index in [9.17, 15) is 46.0 Å². The van der Waals surface area contributed by atoms with Gasteiger partial charge in [-0.25, -0.2) is 0 Å². The first kappa shape index (κ1) is 45.2. The normalized spacial score (nSPS) is 58.4. The van der Waals surface area contributed by atoms with E-state index < -0.39 is 123 Å². The number of allylic oxidation sites excluding steroid dienone is 1. The molecule has 5 aliphatic heterocycles. The highest BCUT2D eigenvalue weighted by Gasteiger charge is 2.70. The molecule has 5 heterocycles. The summed E-state index contributed by atoms with van der Waals surface area (Å²) < 4.78 is 50.8. The highest BCUT2D eigenvalue weighted by molar-refractivity contribution is 5.29. The van der Waals surface area contributed by atoms with Crippen molar-refractivity contribution in [1.82, 2.24) is 0 Å². The first-order chi connectivity index (χ1) is 28.9. The summed E-state index contributed by atoms with van der Waals surface area (Å²) in [5.41, 5.74) is 0.542. The van der Waals surface area contributed by atoms with Crippen LogP contribution >= 0.6 is 0 Å². The fourth-order valence-electron chi connectivity index (χ4n) is 13.8. The number of ether oxygens (including phenoxy) is 8. The summed E-state index contributed by atoms with van der Waals surface area (Å²) in [4.78, 5) is 0. The lowest BCUT2D eigenvalue weighted by molar-refractivity contribution is -0.393. The molecule has 26 atom stereocenters. The summed E-state index contributed by atoms with van der Waals surface area (Å²) in [5.74, 6) is 1.47. The smallest absolute Gasteiger partial charge is 0.187 e. The summed E-state index contributed by atoms with van der Waals surface area (Å²) in [6, 6.07) is 0. The van der Waals surface area contributed by atoms with Crippen molar-refractivity contribution in [2.45, 2.75) is 196 Å². The van der Waals surface area contributed by atoms with Crippen LogP contribution in [0, 0.1) is 46.3 Å². The van der Waals surface area contributed by atoms with Crippen molar-refractivity contribution >= 4 is 0 Å². The Labute approximate surface area is 357 Å². The van der Waals surface area contributed by atoms with E-state index in [-0.39, 0.29) is 29.8 Å². The highest BCUT2D eigenvalue weighted by atomic mass is 16.8. The molecule has 61 heavy (non-hydrogen) atoms. The Bertz CT molecular complexity index is 1590. The van der Waals surface area contributed by atoms with E-state index in [0.29, 0.717) is 30.1 Å². The topological polar surface area (TPSA) is 256 Å². The maximum atomic E-state index is 11.7. The maximum Gasteiger partial charge on any atom is 0.187 e. The SMILES string of the molecule is C[C@H]1CC[C@@]2(OC1)O[C@H]1C[C@H]3[C@@H]4CC=C5C[C@@H](O)C[C@@H](O[C@@H]6O[C@H](CO)[C@@H](O)[C@H](O[C@@H]7OC[C@@H](O)[C@H](O)[C@H]7O)[C@H]6O[C@@H]6O[C@H](C)[C@H](O)[C@H](O)[C@H]6O)[C@]5(C)[C@H]4CC[C@]3(C)[C@H]1[C@@H]2C. The Hall–Kier alpha value is -0.940. The molecule has 0 aromatic rings. The molecule has 9 rings (SSSR count). The third kappa shape index (κ3) is 7.32. The first-order valence-electron chi connectivity index (χ1n) is 22.9. The molecule has 0 aromatic heterocycles. The van der Waals surface area contributed by atoms with E-state index in [1.807, 2.05) is 0 Å². The van der Waals surface area contributed by atoms with Crippen molar-refractivity contribution in [2.75, 3.05) is 19.8 Å². The fourth-order valence-corrected chi connectivity index (χ4v) is 13.8. The average Bonchev–Trinajstić information content (AvgIpc) is 3.68. The molecule has 17 heteroatoms. The number of aliphatic hydroxyl groups is 9. The number of hydrogen-bond acceptors (Lipinski definition) is 17. The van der Waals surface area contributed by atoms with Gasteiger partial charge in [-0.1, -0.05) is 39.3 Å². The van der Waals surface area contributed by atoms with Gasteiger partial charge in [-0.2, -0.15) is 0 Å². The van der Waals surface area contributed by atoms with E-state index in [1.165, 1.54) is 6.92 Å². The van der Waals surface area contributed by atoms with Crippen LogP contribution in [0.3, 0.4) is 0 Å². The molecule has 0 unspecified atom stereocenters. The Morgan fingerprint density at radius 2 is 1.48 bits per heavy atom. The summed E-state index contributed by atoms with van der Waals surface area (Å²) in [6.07, 6.45) is -14.0. The van der Waals surface area contributed by atoms with Crippen LogP contribution in [0.2, 0.25) is 0 Å². The monoisotopic (exact) mass is 870 g/mol. The zero-order chi connectivity index (χ0) is 43.5. The van der Waals surface area contributed by atoms with Gasteiger partial charge in [0.2, 0.25) is 0 Å². The molecule has 0 radical (unpaired) electrons. The highest BCUT2D eigenvalue weighted by Crippen LogP contribution is 2.71. The number of fused-ring (bicyclic) bond motifs is 7. The molecular formula is C44H70O17. The Morgan fingerprint density at radius 3 is 2.20 bits per heavy atom. The Balaban J connectivity index is 1.02. The largest absolute Gasteiger partial charge is 0.394 e. The predicted molar refractivity (Wildman–Crippen MR) is 210 cm³/mol. The number of hydrogen-bond donors (Lipinski definition) is 9. The molecule has 5 saturated heterocycles. The van der Waals surface area contributed by atoms with Gasteiger partial charge in [-0.15, -0.1) is 0 Å². The molecule has 0 amide bonds. The first-order valence-corrected chi connectivity index (χ1v) is 22.9. The van der Waals surface area contributed by atoms with Gasteiger partial charge in [0.15, 0.2) is 24.7 Å². The third-order valence-electron chi connectivity index (χ3n) is 17.4. The van der Waals surface area contributed by atoms with Crippen LogP contribution in [0.25, 0.3) is 0 Å². The molecule has 3 saturated carbocycles. The second-order valence-corrected chi connectivity index (χ2v) is 20.7. The second kappa shape index (κ2) is 16.7. The van der Waals surface area contributed by atoms with Crippen LogP contribution in [-0.2, 0) is 37.9 Å². The van der Waals surface area contributed by atoms with Gasteiger partial charge in [0.05, 0.1) is 44.2 Å². The van der Waals surface area contributed by atoms with Gasteiger partial charge in [-0.3, -0.25) is 0 Å². The average molecular weight is 871 g/mol. The van der Waals surface area contributed by atoms with Crippen LogP contribution in [-0.4, -0.2) is 176 Å². The van der Waals surface area contributed by atoms with Crippen molar-refractivity contribution in [2.24, 2.45) is 46.3 Å². The third-order valence-corrected chi connectivity index (χ3v) is 17.4. The van der Waals surface area contributed by atoms with Crippen LogP contribution in [0.4, 0.5) is 0 Å². The van der Waals surface area contributed by atoms with Crippen LogP contribution in [0.15, 0.2) is 11.6 Å². The molecule has 9 aliphatic rings. The molecule has 348 valence electrons. The van der Waals surface area contributed by atoms with Gasteiger partial charge >= 0.3 is 0 Å². The summed E-state index contributed by atoms with van der Waals surface area (Å²) in [6.45, 7) is 10.3. The lowest BCUT2D eigenvalue weighted by atomic mass is 9.46. The van der Waals surface area contributed by atoms with E-state index in [0.717, 1.165) is 50.7 Å². The van der Waals surface area contributed by atoms with E-state index in [4.69, 9.17) is 37.9 Å². The Morgan fingerprint density at radius 1 is 0.738 bits per heavy atom. The van der Waals surface area contributed by atoms with Gasteiger partial charge in [0, 0.05) is 24.2 Å². The second-order valence-electron chi connectivity index (χ2n) is 20.7. The van der Waals surface area contributed by atoms with Gasteiger partial charge in [0.25, 0.3) is 0 Å². The quantitative estimate of drug-likeness (QED) is 0.151. The zero-order valence-electron chi connectivity index (χ0n) is 35.9. The van der Waals surface area contributed by atoms with Crippen molar-refractivity contribution < 1.29 is 83.9 Å². The molecular weight excluding hydrogens is 800 g/mol. The van der Waals surface area contributed by atoms with E-state index in [1.54, 1.807) is 0 Å². The molecule has 0 bridgehead atoms. The van der Waals surface area contributed by atoms with Crippen molar-refractivity contribution in [3.8, 4) is 0 Å². The minimum atomic E-state index is -1.77. The standard InChI is InChI=1S/C44H70O17/c1-18-8-11-44(55-16-18)19(2)30-27(61-44)14-25-23-7-6-21-12-22(46)13-29(43(21,5)24(23)9-10-42(25,30)4)58-41-38(60-40-36(53)34(51)31(48)20(3)56-40)37(33(50)28(15-45)57-41)59-39-35(52)32(49)26(47)17-54-39/h6,18-20,22-41,45-53H,7-17H2,1-5H3/t18-,19-,20+,22+,23+,24-,25-,26+,27-,28+,29+,30-,31-,32-,33+,34-,35+,36+,37-,38+,39-,40-,41-,42-,43-,44+/m0/s1. The van der Waals surface area contributed by atoms with E-state index >= 15 is 0 Å². The molecule has 1 spiro atoms. The van der Waals surface area contributed by atoms with Gasteiger partial charge in [0.1, 0.15) is 61.0 Å². The van der Waals surface area contributed by atoms with E-state index in [2.05, 4.69) is 33.8 Å². The molecule has 17 nitrogen and oxygen atoms in total. The summed E-state index contributed by atoms with van der Waals surface area (Å²) >= 11 is 0. The minimum absolute atomic E-state index is 0.0410. The van der Waals surface area contributed by atoms with Crippen molar-refractivity contribution in [3.63, 3.8) is 0 Å². The van der Waals surface area contributed by atoms with Gasteiger partial charge < -0.3 is 83.9 Å².